The van der Waals surface area contributed by atoms with E-state index in [0.717, 1.165) is 11.8 Å². The van der Waals surface area contributed by atoms with E-state index in [1.54, 1.807) is 12.3 Å². The molecule has 0 unspecified atom stereocenters. The number of nitrogen functional groups attached to an aromatic ring is 1. The van der Waals surface area contributed by atoms with Crippen molar-refractivity contribution in [2.24, 2.45) is 0 Å². The van der Waals surface area contributed by atoms with Crippen LogP contribution in [0.2, 0.25) is 0 Å². The Morgan fingerprint density at radius 2 is 2.27 bits per heavy atom. The van der Waals surface area contributed by atoms with E-state index < -0.39 is 5.97 Å². The molecule has 0 atom stereocenters. The van der Waals surface area contributed by atoms with Gasteiger partial charge in [0.25, 0.3) is 0 Å². The summed E-state index contributed by atoms with van der Waals surface area (Å²) >= 11 is 0. The maximum absolute atomic E-state index is 10.4. The number of anilines is 1. The van der Waals surface area contributed by atoms with Crippen LogP contribution in [0.1, 0.15) is 31.0 Å². The third kappa shape index (κ3) is 2.80. The van der Waals surface area contributed by atoms with Crippen LogP contribution < -0.4 is 5.73 Å². The van der Waals surface area contributed by atoms with E-state index in [1.807, 2.05) is 13.8 Å². The standard InChI is InChI=1S/C11H14N2O2/c1-7(2)11-10(12)8(5-6-13-11)3-4-9(14)15/h3-7H,12H2,1-2H3,(H,14,15)/b4-3+. The first kappa shape index (κ1) is 11.2. The Morgan fingerprint density at radius 3 is 2.80 bits per heavy atom. The third-order valence-electron chi connectivity index (χ3n) is 2.01. The van der Waals surface area contributed by atoms with E-state index in [1.165, 1.54) is 6.08 Å². The molecule has 0 saturated heterocycles. The lowest BCUT2D eigenvalue weighted by Crippen LogP contribution is -2.01. The molecule has 4 nitrogen and oxygen atoms in total. The van der Waals surface area contributed by atoms with Gasteiger partial charge in [-0.2, -0.15) is 0 Å². The Hall–Kier alpha value is -1.84. The molecule has 0 amide bonds. The molecule has 0 fully saturated rings. The number of aliphatic carboxylic acids is 1. The van der Waals surface area contributed by atoms with Crippen LogP contribution in [-0.2, 0) is 4.79 Å². The fraction of sp³-hybridized carbons (Fsp3) is 0.273. The SMILES string of the molecule is CC(C)c1nccc(/C=C/C(=O)O)c1N. The Morgan fingerprint density at radius 1 is 1.60 bits per heavy atom. The molecule has 0 aliphatic carbocycles. The van der Waals surface area contributed by atoms with Crippen LogP contribution in [0.4, 0.5) is 5.69 Å². The van der Waals surface area contributed by atoms with Crippen molar-refractivity contribution in [3.8, 4) is 0 Å². The Bertz CT molecular complexity index is 398. The fourth-order valence-corrected chi connectivity index (χ4v) is 1.27. The first-order valence-electron chi connectivity index (χ1n) is 4.67. The number of nitrogens with two attached hydrogens (primary N) is 1. The van der Waals surface area contributed by atoms with Crippen molar-refractivity contribution in [3.05, 3.63) is 29.6 Å². The predicted molar refractivity (Wildman–Crippen MR) is 59.4 cm³/mol. The molecule has 1 heterocycles. The van der Waals surface area contributed by atoms with E-state index in [2.05, 4.69) is 4.98 Å². The summed E-state index contributed by atoms with van der Waals surface area (Å²) in [7, 11) is 0. The van der Waals surface area contributed by atoms with Crippen molar-refractivity contribution in [3.63, 3.8) is 0 Å². The highest BCUT2D eigenvalue weighted by molar-refractivity contribution is 5.86. The fourth-order valence-electron chi connectivity index (χ4n) is 1.27. The lowest BCUT2D eigenvalue weighted by atomic mass is 10.0. The molecule has 0 spiro atoms. The van der Waals surface area contributed by atoms with Crippen LogP contribution in [-0.4, -0.2) is 16.1 Å². The molecule has 1 aromatic heterocycles. The van der Waals surface area contributed by atoms with Gasteiger partial charge in [-0.25, -0.2) is 4.79 Å². The minimum absolute atomic E-state index is 0.225. The van der Waals surface area contributed by atoms with Crippen LogP contribution in [0.25, 0.3) is 6.08 Å². The minimum Gasteiger partial charge on any atom is -0.478 e. The molecule has 3 N–H and O–H groups in total. The summed E-state index contributed by atoms with van der Waals surface area (Å²) in [6, 6.07) is 1.70. The lowest BCUT2D eigenvalue weighted by Gasteiger charge is -2.09. The molecule has 0 saturated carbocycles. The van der Waals surface area contributed by atoms with Crippen LogP contribution in [0, 0.1) is 0 Å². The molecule has 0 bridgehead atoms. The van der Waals surface area contributed by atoms with E-state index in [0.29, 0.717) is 11.3 Å². The number of hydrogen-bond donors (Lipinski definition) is 2. The van der Waals surface area contributed by atoms with Gasteiger partial charge in [0, 0.05) is 17.8 Å². The quantitative estimate of drug-likeness (QED) is 0.740. The van der Waals surface area contributed by atoms with E-state index in [4.69, 9.17) is 10.8 Å². The number of carbonyl (C=O) groups is 1. The van der Waals surface area contributed by atoms with Crippen molar-refractivity contribution in [1.82, 2.24) is 4.98 Å². The topological polar surface area (TPSA) is 76.2 Å². The molecule has 0 aromatic carbocycles. The van der Waals surface area contributed by atoms with Gasteiger partial charge in [0.05, 0.1) is 11.4 Å². The maximum Gasteiger partial charge on any atom is 0.328 e. The van der Waals surface area contributed by atoms with Gasteiger partial charge in [-0.05, 0) is 18.1 Å². The summed E-state index contributed by atoms with van der Waals surface area (Å²) in [5.74, 6) is -0.763. The largest absolute Gasteiger partial charge is 0.478 e. The zero-order valence-corrected chi connectivity index (χ0v) is 8.77. The number of rotatable bonds is 3. The normalized spacial score (nSPS) is 11.1. The number of hydrogen-bond acceptors (Lipinski definition) is 3. The molecule has 80 valence electrons. The van der Waals surface area contributed by atoms with Gasteiger partial charge >= 0.3 is 5.97 Å². The van der Waals surface area contributed by atoms with Gasteiger partial charge in [0.1, 0.15) is 0 Å². The summed E-state index contributed by atoms with van der Waals surface area (Å²) in [6.07, 6.45) is 4.17. The van der Waals surface area contributed by atoms with Gasteiger partial charge < -0.3 is 10.8 Å². The summed E-state index contributed by atoms with van der Waals surface area (Å²) in [5.41, 5.74) is 7.89. The number of nitrogens with zero attached hydrogens (tertiary/aromatic N) is 1. The van der Waals surface area contributed by atoms with Crippen molar-refractivity contribution in [2.45, 2.75) is 19.8 Å². The highest BCUT2D eigenvalue weighted by Crippen LogP contribution is 2.23. The molecule has 1 aromatic rings. The van der Waals surface area contributed by atoms with E-state index in [-0.39, 0.29) is 5.92 Å². The first-order valence-corrected chi connectivity index (χ1v) is 4.67. The monoisotopic (exact) mass is 206 g/mol. The van der Waals surface area contributed by atoms with Gasteiger partial charge in [0.15, 0.2) is 0 Å². The Balaban J connectivity index is 3.10. The van der Waals surface area contributed by atoms with Gasteiger partial charge in [-0.3, -0.25) is 4.98 Å². The van der Waals surface area contributed by atoms with Gasteiger partial charge in [-0.15, -0.1) is 0 Å². The number of pyridine rings is 1. The van der Waals surface area contributed by atoms with Gasteiger partial charge in [0.2, 0.25) is 0 Å². The zero-order chi connectivity index (χ0) is 11.4. The van der Waals surface area contributed by atoms with Crippen molar-refractivity contribution >= 4 is 17.7 Å². The summed E-state index contributed by atoms with van der Waals surface area (Å²) in [5, 5.41) is 8.50. The van der Waals surface area contributed by atoms with Crippen molar-refractivity contribution in [1.29, 1.82) is 0 Å². The second kappa shape index (κ2) is 4.59. The van der Waals surface area contributed by atoms with Crippen LogP contribution in [0.15, 0.2) is 18.3 Å². The van der Waals surface area contributed by atoms with Crippen molar-refractivity contribution in [2.75, 3.05) is 5.73 Å². The third-order valence-corrected chi connectivity index (χ3v) is 2.01. The van der Waals surface area contributed by atoms with Crippen LogP contribution >= 0.6 is 0 Å². The molecule has 0 aliphatic rings. The van der Waals surface area contributed by atoms with Gasteiger partial charge in [-0.1, -0.05) is 13.8 Å². The molecule has 1 rings (SSSR count). The summed E-state index contributed by atoms with van der Waals surface area (Å²) in [6.45, 7) is 3.98. The number of carboxylic acid groups (broad SMARTS) is 1. The first-order chi connectivity index (χ1) is 7.02. The molecular weight excluding hydrogens is 192 g/mol. The smallest absolute Gasteiger partial charge is 0.328 e. The zero-order valence-electron chi connectivity index (χ0n) is 8.77. The Kier molecular flexibility index (Phi) is 3.44. The number of aromatic nitrogens is 1. The van der Waals surface area contributed by atoms with Crippen LogP contribution in [0.5, 0.6) is 0 Å². The second-order valence-electron chi connectivity index (χ2n) is 3.53. The highest BCUT2D eigenvalue weighted by atomic mass is 16.4. The Labute approximate surface area is 88.4 Å². The molecule has 0 aliphatic heterocycles. The number of carboxylic acids is 1. The minimum atomic E-state index is -0.989. The predicted octanol–water partition coefficient (Wildman–Crippen LogP) is 1.89. The highest BCUT2D eigenvalue weighted by Gasteiger charge is 2.07. The maximum atomic E-state index is 10.4. The summed E-state index contributed by atoms with van der Waals surface area (Å²) in [4.78, 5) is 14.5. The average molecular weight is 206 g/mol. The van der Waals surface area contributed by atoms with Crippen molar-refractivity contribution < 1.29 is 9.90 Å². The average Bonchev–Trinajstić information content (AvgIpc) is 2.15. The summed E-state index contributed by atoms with van der Waals surface area (Å²) < 4.78 is 0. The van der Waals surface area contributed by atoms with Crippen LogP contribution in [0.3, 0.4) is 0 Å². The second-order valence-corrected chi connectivity index (χ2v) is 3.53. The van der Waals surface area contributed by atoms with E-state index in [9.17, 15) is 4.79 Å². The lowest BCUT2D eigenvalue weighted by molar-refractivity contribution is -0.131. The molecule has 0 radical (unpaired) electrons. The molecule has 15 heavy (non-hydrogen) atoms. The molecule has 4 heteroatoms. The molecular formula is C11H14N2O2. The van der Waals surface area contributed by atoms with E-state index >= 15 is 0 Å².